The number of carbonyl (C=O) groups is 1. The predicted molar refractivity (Wildman–Crippen MR) is 91.0 cm³/mol. The average molecular weight is 341 g/mol. The second kappa shape index (κ2) is 6.66. The molecule has 0 N–H and O–H groups in total. The lowest BCUT2D eigenvalue weighted by molar-refractivity contribution is -0.145. The van der Waals surface area contributed by atoms with Gasteiger partial charge in [-0.15, -0.1) is 11.8 Å². The van der Waals surface area contributed by atoms with Crippen LogP contribution in [-0.2, 0) is 9.53 Å². The van der Waals surface area contributed by atoms with Crippen LogP contribution in [0.1, 0.15) is 24.8 Å². The maximum atomic E-state index is 13.8. The Morgan fingerprint density at radius 1 is 1.25 bits per heavy atom. The highest BCUT2D eigenvalue weighted by atomic mass is 32.2. The van der Waals surface area contributed by atoms with Crippen molar-refractivity contribution in [1.29, 1.82) is 5.26 Å². The van der Waals surface area contributed by atoms with Crippen molar-refractivity contribution in [2.45, 2.75) is 28.9 Å². The number of hydrogen-bond donors (Lipinski definition) is 0. The highest BCUT2D eigenvalue weighted by Gasteiger charge is 2.46. The van der Waals surface area contributed by atoms with Gasteiger partial charge in [0.05, 0.1) is 18.7 Å². The monoisotopic (exact) mass is 341 g/mol. The fourth-order valence-electron chi connectivity index (χ4n) is 2.78. The van der Waals surface area contributed by atoms with E-state index in [-0.39, 0.29) is 11.8 Å². The maximum Gasteiger partial charge on any atom is 0.322 e. The number of methoxy groups -OCH3 is 1. The van der Waals surface area contributed by atoms with E-state index in [1.807, 2.05) is 0 Å². The minimum Gasteiger partial charge on any atom is -0.468 e. The average Bonchev–Trinajstić information content (AvgIpc) is 2.58. The van der Waals surface area contributed by atoms with E-state index >= 15 is 0 Å². The largest absolute Gasteiger partial charge is 0.468 e. The third-order valence-corrected chi connectivity index (χ3v) is 5.83. The zero-order valence-corrected chi connectivity index (χ0v) is 14.0. The third-order valence-electron chi connectivity index (χ3n) is 4.29. The first-order valence-electron chi connectivity index (χ1n) is 7.65. The van der Waals surface area contributed by atoms with Gasteiger partial charge in [-0.05, 0) is 60.7 Å². The van der Waals surface area contributed by atoms with E-state index in [1.54, 1.807) is 30.3 Å². The van der Waals surface area contributed by atoms with Crippen LogP contribution in [0.5, 0.6) is 0 Å². The molecule has 24 heavy (non-hydrogen) atoms. The molecule has 1 saturated carbocycles. The van der Waals surface area contributed by atoms with Gasteiger partial charge in [-0.3, -0.25) is 4.79 Å². The van der Waals surface area contributed by atoms with Crippen molar-refractivity contribution >= 4 is 17.7 Å². The second-order valence-electron chi connectivity index (χ2n) is 5.77. The standard InChI is InChI=1S/C19H16FNO2S/c1-23-18(22)19(9-2-10-19)24-17-8-7-15(20)11-16(17)14-5-3-13(12-21)4-6-14/h3-8,11H,2,9-10H2,1H3. The highest BCUT2D eigenvalue weighted by molar-refractivity contribution is 8.01. The topological polar surface area (TPSA) is 50.1 Å². The smallest absolute Gasteiger partial charge is 0.322 e. The van der Waals surface area contributed by atoms with Crippen LogP contribution in [0.15, 0.2) is 47.4 Å². The summed E-state index contributed by atoms with van der Waals surface area (Å²) in [7, 11) is 1.40. The third kappa shape index (κ3) is 3.02. The van der Waals surface area contributed by atoms with Gasteiger partial charge >= 0.3 is 5.97 Å². The van der Waals surface area contributed by atoms with Gasteiger partial charge in [0.15, 0.2) is 0 Å². The summed E-state index contributed by atoms with van der Waals surface area (Å²) in [5.74, 6) is -0.562. The first-order chi connectivity index (χ1) is 11.6. The van der Waals surface area contributed by atoms with E-state index < -0.39 is 4.75 Å². The molecule has 0 saturated heterocycles. The van der Waals surface area contributed by atoms with Crippen LogP contribution in [0.25, 0.3) is 11.1 Å². The van der Waals surface area contributed by atoms with E-state index in [2.05, 4.69) is 6.07 Å². The lowest BCUT2D eigenvalue weighted by Crippen LogP contribution is -2.42. The van der Waals surface area contributed by atoms with Crippen molar-refractivity contribution in [3.63, 3.8) is 0 Å². The Kier molecular flexibility index (Phi) is 4.59. The second-order valence-corrected chi connectivity index (χ2v) is 7.20. The minimum absolute atomic E-state index is 0.228. The van der Waals surface area contributed by atoms with Gasteiger partial charge in [-0.25, -0.2) is 4.39 Å². The van der Waals surface area contributed by atoms with Crippen molar-refractivity contribution in [2.24, 2.45) is 0 Å². The predicted octanol–water partition coefficient (Wildman–Crippen LogP) is 4.55. The summed E-state index contributed by atoms with van der Waals surface area (Å²) in [6.07, 6.45) is 2.50. The van der Waals surface area contributed by atoms with E-state index in [4.69, 9.17) is 10.00 Å². The molecule has 122 valence electrons. The van der Waals surface area contributed by atoms with Crippen LogP contribution >= 0.6 is 11.8 Å². The number of rotatable bonds is 4. The molecule has 1 aliphatic carbocycles. The summed E-state index contributed by atoms with van der Waals surface area (Å²) >= 11 is 1.44. The number of hydrogen-bond acceptors (Lipinski definition) is 4. The minimum atomic E-state index is -0.575. The summed E-state index contributed by atoms with van der Waals surface area (Å²) in [5, 5.41) is 8.91. The molecule has 2 aromatic carbocycles. The SMILES string of the molecule is COC(=O)C1(Sc2ccc(F)cc2-c2ccc(C#N)cc2)CCC1. The summed E-state index contributed by atoms with van der Waals surface area (Å²) in [5.41, 5.74) is 2.09. The van der Waals surface area contributed by atoms with Gasteiger partial charge in [0.2, 0.25) is 0 Å². The first kappa shape index (κ1) is 16.5. The van der Waals surface area contributed by atoms with Gasteiger partial charge in [0, 0.05) is 4.90 Å². The zero-order chi connectivity index (χ0) is 17.2. The van der Waals surface area contributed by atoms with Crippen molar-refractivity contribution in [3.05, 3.63) is 53.8 Å². The highest BCUT2D eigenvalue weighted by Crippen LogP contribution is 2.50. The molecule has 0 aliphatic heterocycles. The van der Waals surface area contributed by atoms with Gasteiger partial charge in [0.1, 0.15) is 10.6 Å². The quantitative estimate of drug-likeness (QED) is 0.766. The summed E-state index contributed by atoms with van der Waals surface area (Å²) < 4.78 is 18.2. The number of esters is 1. The molecule has 0 atom stereocenters. The molecule has 5 heteroatoms. The molecule has 0 aromatic heterocycles. The Balaban J connectivity index is 1.99. The molecule has 0 radical (unpaired) electrons. The molecule has 1 fully saturated rings. The van der Waals surface area contributed by atoms with Crippen LogP contribution in [0.3, 0.4) is 0 Å². The van der Waals surface area contributed by atoms with E-state index in [0.29, 0.717) is 5.56 Å². The number of halogens is 1. The summed E-state index contributed by atoms with van der Waals surface area (Å²) in [4.78, 5) is 13.0. The maximum absolute atomic E-state index is 13.8. The number of nitriles is 1. The molecule has 0 amide bonds. The van der Waals surface area contributed by atoms with Crippen LogP contribution in [0.2, 0.25) is 0 Å². The summed E-state index contributed by atoms with van der Waals surface area (Å²) in [6.45, 7) is 0. The first-order valence-corrected chi connectivity index (χ1v) is 8.47. The Morgan fingerprint density at radius 2 is 1.96 bits per heavy atom. The molecule has 2 aromatic rings. The van der Waals surface area contributed by atoms with Crippen molar-refractivity contribution in [2.75, 3.05) is 7.11 Å². The van der Waals surface area contributed by atoms with Crippen molar-refractivity contribution < 1.29 is 13.9 Å². The van der Waals surface area contributed by atoms with Crippen molar-refractivity contribution in [3.8, 4) is 17.2 Å². The number of thioether (sulfide) groups is 1. The molecular weight excluding hydrogens is 325 g/mol. The Labute approximate surface area is 144 Å². The van der Waals surface area contributed by atoms with Crippen molar-refractivity contribution in [1.82, 2.24) is 0 Å². The fourth-order valence-corrected chi connectivity index (χ4v) is 4.29. The number of carbonyl (C=O) groups excluding carboxylic acids is 1. The normalized spacial score (nSPS) is 15.2. The number of benzene rings is 2. The van der Waals surface area contributed by atoms with Crippen LogP contribution in [0.4, 0.5) is 4.39 Å². The number of ether oxygens (including phenoxy) is 1. The Bertz CT molecular complexity index is 807. The molecule has 3 nitrogen and oxygen atoms in total. The van der Waals surface area contributed by atoms with Gasteiger partial charge in [-0.1, -0.05) is 12.1 Å². The molecule has 0 spiro atoms. The van der Waals surface area contributed by atoms with E-state index in [0.717, 1.165) is 35.3 Å². The van der Waals surface area contributed by atoms with E-state index in [1.165, 1.54) is 31.0 Å². The van der Waals surface area contributed by atoms with Crippen LogP contribution in [0, 0.1) is 17.1 Å². The Hall–Kier alpha value is -2.32. The molecule has 1 aliphatic rings. The van der Waals surface area contributed by atoms with Gasteiger partial charge in [-0.2, -0.15) is 5.26 Å². The Morgan fingerprint density at radius 3 is 2.50 bits per heavy atom. The molecule has 3 rings (SSSR count). The van der Waals surface area contributed by atoms with Gasteiger partial charge < -0.3 is 4.74 Å². The fraction of sp³-hybridized carbons (Fsp3) is 0.263. The number of nitrogens with zero attached hydrogens (tertiary/aromatic N) is 1. The summed E-state index contributed by atoms with van der Waals surface area (Å²) in [6, 6.07) is 13.6. The molecular formula is C19H16FNO2S. The van der Waals surface area contributed by atoms with E-state index in [9.17, 15) is 9.18 Å². The zero-order valence-electron chi connectivity index (χ0n) is 13.2. The van der Waals surface area contributed by atoms with Gasteiger partial charge in [0.25, 0.3) is 0 Å². The van der Waals surface area contributed by atoms with Crippen LogP contribution in [-0.4, -0.2) is 17.8 Å². The molecule has 0 unspecified atom stereocenters. The molecule has 0 heterocycles. The lowest BCUT2D eigenvalue weighted by Gasteiger charge is -2.38. The molecule has 0 bridgehead atoms. The van der Waals surface area contributed by atoms with Crippen LogP contribution < -0.4 is 0 Å². The lowest BCUT2D eigenvalue weighted by atomic mass is 9.84.